The predicted molar refractivity (Wildman–Crippen MR) is 84.7 cm³/mol. The number of unbranched alkanes of at least 4 members (excludes halogenated alkanes) is 6. The van der Waals surface area contributed by atoms with Gasteiger partial charge in [-0.1, -0.05) is 38.5 Å². The van der Waals surface area contributed by atoms with E-state index in [-0.39, 0.29) is 0 Å². The van der Waals surface area contributed by atoms with E-state index in [0.717, 1.165) is 5.75 Å². The summed E-state index contributed by atoms with van der Waals surface area (Å²) in [4.78, 5) is 0. The van der Waals surface area contributed by atoms with Gasteiger partial charge in [0.25, 0.3) is 0 Å². The zero-order valence-corrected chi connectivity index (χ0v) is 14.2. The van der Waals surface area contributed by atoms with Crippen LogP contribution < -0.4 is 0 Å². The molecule has 0 amide bonds. The fourth-order valence-electron chi connectivity index (χ4n) is 2.24. The van der Waals surface area contributed by atoms with Crippen molar-refractivity contribution in [1.29, 1.82) is 0 Å². The van der Waals surface area contributed by atoms with Crippen molar-refractivity contribution >= 4 is 20.9 Å². The van der Waals surface area contributed by atoms with E-state index >= 15 is 0 Å². The molecule has 0 spiro atoms. The van der Waals surface area contributed by atoms with Gasteiger partial charge in [0.2, 0.25) is 0 Å². The quantitative estimate of drug-likeness (QED) is 0.307. The van der Waals surface area contributed by atoms with E-state index < -0.39 is 8.32 Å². The number of hydrogen-bond acceptors (Lipinski definition) is 2. The molecular formula is C14H32OSSi. The second-order valence-electron chi connectivity index (χ2n) is 5.87. The molecule has 0 saturated carbocycles. The minimum atomic E-state index is -1.36. The van der Waals surface area contributed by atoms with Crippen LogP contribution in [0.4, 0.5) is 0 Å². The molecule has 0 saturated heterocycles. The molecule has 0 aliphatic carbocycles. The van der Waals surface area contributed by atoms with Gasteiger partial charge in [-0.2, -0.15) is 12.6 Å². The van der Waals surface area contributed by atoms with Gasteiger partial charge >= 0.3 is 0 Å². The van der Waals surface area contributed by atoms with E-state index in [1.54, 1.807) is 0 Å². The molecule has 0 aromatic carbocycles. The Morgan fingerprint density at radius 1 is 0.882 bits per heavy atom. The van der Waals surface area contributed by atoms with Crippen molar-refractivity contribution in [3.05, 3.63) is 0 Å². The molecule has 17 heavy (non-hydrogen) atoms. The monoisotopic (exact) mass is 276 g/mol. The molecule has 0 unspecified atom stereocenters. The third-order valence-corrected chi connectivity index (χ3v) is 5.98. The first-order chi connectivity index (χ1) is 7.98. The van der Waals surface area contributed by atoms with Gasteiger partial charge in [-0.15, -0.1) is 0 Å². The van der Waals surface area contributed by atoms with Crippen molar-refractivity contribution in [3.63, 3.8) is 0 Å². The zero-order valence-electron chi connectivity index (χ0n) is 12.3. The Kier molecular flexibility index (Phi) is 10.8. The summed E-state index contributed by atoms with van der Waals surface area (Å²) in [5.41, 5.74) is 0. The van der Waals surface area contributed by atoms with Crippen LogP contribution in [0.3, 0.4) is 0 Å². The Bertz CT molecular complexity index is 172. The Balaban J connectivity index is 3.32. The predicted octanol–water partition coefficient (Wildman–Crippen LogP) is 5.28. The summed E-state index contributed by atoms with van der Waals surface area (Å²) in [6, 6.07) is 1.32. The molecule has 3 heteroatoms. The second-order valence-corrected chi connectivity index (χ2v) is 10.6. The van der Waals surface area contributed by atoms with Crippen LogP contribution in [0.25, 0.3) is 0 Å². The third-order valence-electron chi connectivity index (χ3n) is 2.99. The van der Waals surface area contributed by atoms with Gasteiger partial charge in [0.1, 0.15) is 0 Å². The summed E-state index contributed by atoms with van der Waals surface area (Å²) in [6.07, 6.45) is 9.99. The molecule has 0 aromatic heterocycles. The smallest absolute Gasteiger partial charge is 0.187 e. The van der Waals surface area contributed by atoms with Crippen LogP contribution in [-0.4, -0.2) is 20.2 Å². The Morgan fingerprint density at radius 2 is 1.35 bits per heavy atom. The maximum absolute atomic E-state index is 6.03. The van der Waals surface area contributed by atoms with Gasteiger partial charge in [0.15, 0.2) is 8.32 Å². The zero-order chi connectivity index (χ0) is 13.1. The highest BCUT2D eigenvalue weighted by Gasteiger charge is 2.22. The average Bonchev–Trinajstić information content (AvgIpc) is 2.20. The Labute approximate surface area is 115 Å². The summed E-state index contributed by atoms with van der Waals surface area (Å²) in [7, 11) is -1.36. The van der Waals surface area contributed by atoms with E-state index in [0.29, 0.717) is 6.10 Å². The molecule has 0 N–H and O–H groups in total. The standard InChI is InChI=1S/C14H32OSSi/c1-14(2)15-17(3,4)13-11-9-7-5-6-8-10-12-16/h14,16H,5-13H2,1-4H3. The highest BCUT2D eigenvalue weighted by atomic mass is 32.1. The molecule has 0 radical (unpaired) electrons. The van der Waals surface area contributed by atoms with Crippen molar-refractivity contribution in [1.82, 2.24) is 0 Å². The average molecular weight is 277 g/mol. The van der Waals surface area contributed by atoms with Gasteiger partial charge < -0.3 is 4.43 Å². The van der Waals surface area contributed by atoms with Gasteiger partial charge in [0, 0.05) is 6.10 Å². The van der Waals surface area contributed by atoms with Crippen molar-refractivity contribution in [2.75, 3.05) is 5.75 Å². The fourth-order valence-corrected chi connectivity index (χ4v) is 4.96. The Hall–Kier alpha value is 0.527. The number of thiol groups is 1. The molecule has 1 nitrogen and oxygen atoms in total. The molecule has 0 rings (SSSR count). The summed E-state index contributed by atoms with van der Waals surface area (Å²) in [5, 5.41) is 0. The van der Waals surface area contributed by atoms with E-state index in [2.05, 4.69) is 39.6 Å². The second kappa shape index (κ2) is 10.4. The first-order valence-corrected chi connectivity index (χ1v) is 11.0. The largest absolute Gasteiger partial charge is 0.415 e. The van der Waals surface area contributed by atoms with Crippen LogP contribution in [0.15, 0.2) is 0 Å². The summed E-state index contributed by atoms with van der Waals surface area (Å²) in [6.45, 7) is 8.99. The fraction of sp³-hybridized carbons (Fsp3) is 1.00. The van der Waals surface area contributed by atoms with Crippen molar-refractivity contribution in [3.8, 4) is 0 Å². The van der Waals surface area contributed by atoms with Crippen molar-refractivity contribution < 1.29 is 4.43 Å². The lowest BCUT2D eigenvalue weighted by Gasteiger charge is -2.25. The number of hydrogen-bond donors (Lipinski definition) is 1. The van der Waals surface area contributed by atoms with Gasteiger partial charge in [-0.25, -0.2) is 0 Å². The van der Waals surface area contributed by atoms with Crippen LogP contribution in [-0.2, 0) is 4.43 Å². The summed E-state index contributed by atoms with van der Waals surface area (Å²) < 4.78 is 6.03. The Morgan fingerprint density at radius 3 is 1.82 bits per heavy atom. The summed E-state index contributed by atoms with van der Waals surface area (Å²) in [5.74, 6) is 1.05. The maximum atomic E-state index is 6.03. The van der Waals surface area contributed by atoms with Crippen LogP contribution >= 0.6 is 12.6 Å². The SMILES string of the molecule is CC(C)O[Si](C)(C)CCCCCCCCCS. The van der Waals surface area contributed by atoms with Crippen LogP contribution in [0.5, 0.6) is 0 Å². The van der Waals surface area contributed by atoms with Gasteiger partial charge in [-0.3, -0.25) is 0 Å². The molecule has 0 fully saturated rings. The highest BCUT2D eigenvalue weighted by Crippen LogP contribution is 2.18. The first kappa shape index (κ1) is 17.5. The van der Waals surface area contributed by atoms with Gasteiger partial charge in [-0.05, 0) is 45.2 Å². The minimum Gasteiger partial charge on any atom is -0.415 e. The van der Waals surface area contributed by atoms with Gasteiger partial charge in [0.05, 0.1) is 0 Å². The molecule has 104 valence electrons. The molecule has 0 aliphatic heterocycles. The van der Waals surface area contributed by atoms with Crippen LogP contribution in [0.1, 0.15) is 58.8 Å². The van der Waals surface area contributed by atoms with Crippen molar-refractivity contribution in [2.24, 2.45) is 0 Å². The lowest BCUT2D eigenvalue weighted by Crippen LogP contribution is -2.33. The minimum absolute atomic E-state index is 0.401. The molecule has 0 atom stereocenters. The van der Waals surface area contributed by atoms with Crippen LogP contribution in [0.2, 0.25) is 19.1 Å². The van der Waals surface area contributed by atoms with Crippen molar-refractivity contribution in [2.45, 2.75) is 84.0 Å². The molecular weight excluding hydrogens is 244 g/mol. The molecule has 0 bridgehead atoms. The molecule has 0 aliphatic rings. The maximum Gasteiger partial charge on any atom is 0.187 e. The lowest BCUT2D eigenvalue weighted by molar-refractivity contribution is 0.230. The normalized spacial score (nSPS) is 12.4. The van der Waals surface area contributed by atoms with E-state index in [9.17, 15) is 0 Å². The van der Waals surface area contributed by atoms with E-state index in [1.807, 2.05) is 0 Å². The molecule has 0 heterocycles. The van der Waals surface area contributed by atoms with E-state index in [4.69, 9.17) is 4.43 Å². The highest BCUT2D eigenvalue weighted by molar-refractivity contribution is 7.80. The third kappa shape index (κ3) is 12.8. The summed E-state index contributed by atoms with van der Waals surface area (Å²) >= 11 is 4.23. The lowest BCUT2D eigenvalue weighted by atomic mass is 10.1. The first-order valence-electron chi connectivity index (χ1n) is 7.26. The van der Waals surface area contributed by atoms with Crippen LogP contribution in [0, 0.1) is 0 Å². The number of rotatable bonds is 11. The topological polar surface area (TPSA) is 9.23 Å². The van der Waals surface area contributed by atoms with E-state index in [1.165, 1.54) is 51.0 Å². The molecule has 0 aromatic rings.